The fourth-order valence-electron chi connectivity index (χ4n) is 5.39. The van der Waals surface area contributed by atoms with Crippen molar-refractivity contribution in [1.29, 1.82) is 0 Å². The number of carbonyl (C=O) groups excluding carboxylic acids is 1. The smallest absolute Gasteiger partial charge is 0.256 e. The van der Waals surface area contributed by atoms with Crippen LogP contribution in [0.5, 0.6) is 0 Å². The van der Waals surface area contributed by atoms with Crippen molar-refractivity contribution in [2.24, 2.45) is 5.92 Å². The number of piperidine rings is 1. The highest BCUT2D eigenvalue weighted by atomic mass is 32.2. The van der Waals surface area contributed by atoms with E-state index in [0.717, 1.165) is 66.9 Å². The third kappa shape index (κ3) is 4.91. The van der Waals surface area contributed by atoms with E-state index in [1.165, 1.54) is 6.42 Å². The number of anilines is 2. The first-order valence-electron chi connectivity index (χ1n) is 12.6. The van der Waals surface area contributed by atoms with Crippen LogP contribution in [0.3, 0.4) is 0 Å². The molecule has 0 saturated carbocycles. The summed E-state index contributed by atoms with van der Waals surface area (Å²) in [7, 11) is -3.53. The molecule has 2 aliphatic rings. The third-order valence-corrected chi connectivity index (χ3v) is 7.74. The van der Waals surface area contributed by atoms with E-state index in [9.17, 15) is 13.2 Å². The molecule has 2 aromatic heterocycles. The van der Waals surface area contributed by atoms with Gasteiger partial charge < -0.3 is 9.80 Å². The molecule has 1 N–H and O–H groups in total. The molecule has 3 aromatic rings. The average Bonchev–Trinajstić information content (AvgIpc) is 3.44. The van der Waals surface area contributed by atoms with E-state index in [1.54, 1.807) is 18.2 Å². The van der Waals surface area contributed by atoms with Crippen molar-refractivity contribution in [3.8, 4) is 0 Å². The Hall–Kier alpha value is -3.14. The van der Waals surface area contributed by atoms with Crippen LogP contribution in [0.15, 0.2) is 30.5 Å². The highest BCUT2D eigenvalue weighted by Gasteiger charge is 2.32. The van der Waals surface area contributed by atoms with E-state index in [2.05, 4.69) is 23.5 Å². The number of nitrogens with one attached hydrogen (secondary N) is 1. The quantitative estimate of drug-likeness (QED) is 0.558. The van der Waals surface area contributed by atoms with Gasteiger partial charge in [0.1, 0.15) is 5.82 Å². The van der Waals surface area contributed by atoms with Crippen LogP contribution < -0.4 is 9.62 Å². The van der Waals surface area contributed by atoms with Crippen molar-refractivity contribution < 1.29 is 13.2 Å². The Bertz CT molecular complexity index is 1420. The first kappa shape index (κ1) is 24.5. The zero-order valence-electron chi connectivity index (χ0n) is 21.4. The maximum atomic E-state index is 13.8. The molecular weight excluding hydrogens is 476 g/mol. The number of aryl methyl sites for hydroxylation is 2. The lowest BCUT2D eigenvalue weighted by Crippen LogP contribution is -2.39. The Morgan fingerprint density at radius 2 is 1.92 bits per heavy atom. The summed E-state index contributed by atoms with van der Waals surface area (Å²) in [6.45, 7) is 8.84. The maximum absolute atomic E-state index is 13.8. The molecule has 1 aromatic carbocycles. The molecule has 2 atom stereocenters. The maximum Gasteiger partial charge on any atom is 0.256 e. The van der Waals surface area contributed by atoms with Crippen molar-refractivity contribution in [3.05, 3.63) is 52.8 Å². The van der Waals surface area contributed by atoms with Crippen LogP contribution in [0.4, 0.5) is 11.5 Å². The fraction of sp³-hybridized carbons (Fsp3) is 0.500. The van der Waals surface area contributed by atoms with E-state index in [-0.39, 0.29) is 11.9 Å². The number of nitrogens with zero attached hydrogens (tertiary/aromatic N) is 5. The van der Waals surface area contributed by atoms with Crippen LogP contribution in [-0.4, -0.2) is 59.7 Å². The van der Waals surface area contributed by atoms with E-state index in [0.29, 0.717) is 23.7 Å². The van der Waals surface area contributed by atoms with Crippen LogP contribution in [0.2, 0.25) is 0 Å². The van der Waals surface area contributed by atoms with E-state index in [4.69, 9.17) is 10.1 Å². The summed E-state index contributed by atoms with van der Waals surface area (Å²) < 4.78 is 28.2. The zero-order chi connectivity index (χ0) is 25.6. The predicted molar refractivity (Wildman–Crippen MR) is 141 cm³/mol. The molecule has 0 aliphatic carbocycles. The number of likely N-dealkylation sites (tertiary alicyclic amines) is 1. The minimum atomic E-state index is -3.53. The van der Waals surface area contributed by atoms with Crippen molar-refractivity contribution in [1.82, 2.24) is 19.5 Å². The first-order valence-corrected chi connectivity index (χ1v) is 14.5. The van der Waals surface area contributed by atoms with Gasteiger partial charge in [-0.2, -0.15) is 5.10 Å². The molecule has 0 bridgehead atoms. The lowest BCUT2D eigenvalue weighted by Gasteiger charge is -2.35. The second-order valence-corrected chi connectivity index (χ2v) is 12.1. The van der Waals surface area contributed by atoms with E-state index < -0.39 is 10.0 Å². The Morgan fingerprint density at radius 3 is 2.64 bits per heavy atom. The van der Waals surface area contributed by atoms with Crippen molar-refractivity contribution >= 4 is 33.1 Å². The Morgan fingerprint density at radius 1 is 1.11 bits per heavy atom. The van der Waals surface area contributed by atoms with Gasteiger partial charge >= 0.3 is 0 Å². The summed E-state index contributed by atoms with van der Waals surface area (Å²) >= 11 is 0. The number of benzene rings is 1. The summed E-state index contributed by atoms with van der Waals surface area (Å²) in [6.07, 6.45) is 6.97. The number of aromatic nitrogens is 3. The standard InChI is InChI=1S/C26H34N6O3S/c1-17-8-9-21(29-36(4,34)35)20(13-17)26(33)31-11-6-5-7-23(31)22-14-24-27-25(19(3)16-32(24)28-22)30-12-10-18(2)15-30/h8-9,13-14,16,18,23,29H,5-7,10-12,15H2,1-4H3. The SMILES string of the molecule is Cc1ccc(NS(C)(=O)=O)c(C(=O)N2CCCCC2c2cc3nc(N4CCC(C)C4)c(C)cn3n2)c1. The predicted octanol–water partition coefficient (Wildman–Crippen LogP) is 3.93. The zero-order valence-corrected chi connectivity index (χ0v) is 22.2. The van der Waals surface area contributed by atoms with Gasteiger partial charge in [0.15, 0.2) is 5.65 Å². The second kappa shape index (κ2) is 9.38. The van der Waals surface area contributed by atoms with Crippen LogP contribution in [0.1, 0.15) is 65.8 Å². The molecule has 5 rings (SSSR count). The molecule has 36 heavy (non-hydrogen) atoms. The second-order valence-electron chi connectivity index (χ2n) is 10.4. The van der Waals surface area contributed by atoms with Crippen molar-refractivity contribution in [2.75, 3.05) is 35.5 Å². The van der Waals surface area contributed by atoms with Crippen LogP contribution in [0.25, 0.3) is 5.65 Å². The molecule has 2 unspecified atom stereocenters. The summed E-state index contributed by atoms with van der Waals surface area (Å²) in [5, 5.41) is 4.84. The number of sulfonamides is 1. The average molecular weight is 511 g/mol. The molecule has 9 nitrogen and oxygen atoms in total. The molecule has 192 valence electrons. The van der Waals surface area contributed by atoms with E-state index in [1.807, 2.05) is 28.6 Å². The number of amides is 1. The molecule has 0 spiro atoms. The summed E-state index contributed by atoms with van der Waals surface area (Å²) in [5.41, 5.74) is 4.22. The molecule has 2 saturated heterocycles. The largest absolute Gasteiger partial charge is 0.356 e. The highest BCUT2D eigenvalue weighted by Crippen LogP contribution is 2.34. The van der Waals surface area contributed by atoms with Crippen LogP contribution in [0, 0.1) is 19.8 Å². The number of rotatable bonds is 5. The first-order chi connectivity index (χ1) is 17.1. The van der Waals surface area contributed by atoms with Gasteiger partial charge in [-0.1, -0.05) is 18.6 Å². The van der Waals surface area contributed by atoms with Crippen molar-refractivity contribution in [2.45, 2.75) is 52.5 Å². The molecule has 2 fully saturated rings. The minimum absolute atomic E-state index is 0.192. The fourth-order valence-corrected chi connectivity index (χ4v) is 5.97. The highest BCUT2D eigenvalue weighted by molar-refractivity contribution is 7.92. The van der Waals surface area contributed by atoms with Gasteiger partial charge in [-0.3, -0.25) is 9.52 Å². The minimum Gasteiger partial charge on any atom is -0.356 e. The van der Waals surface area contributed by atoms with Gasteiger partial charge in [0.05, 0.1) is 29.2 Å². The summed E-state index contributed by atoms with van der Waals surface area (Å²) in [6, 6.07) is 6.99. The Kier molecular flexibility index (Phi) is 6.40. The molecule has 0 radical (unpaired) electrons. The van der Waals surface area contributed by atoms with Gasteiger partial charge in [-0.15, -0.1) is 0 Å². The topological polar surface area (TPSA) is 99.9 Å². The van der Waals surface area contributed by atoms with Gasteiger partial charge in [0, 0.05) is 37.5 Å². The molecular formula is C26H34N6O3S. The number of hydrogen-bond acceptors (Lipinski definition) is 6. The summed E-state index contributed by atoms with van der Waals surface area (Å²) in [4.78, 5) is 22.9. The number of fused-ring (bicyclic) bond motifs is 1. The van der Waals surface area contributed by atoms with Gasteiger partial charge in [0.2, 0.25) is 10.0 Å². The molecule has 10 heteroatoms. The van der Waals surface area contributed by atoms with Gasteiger partial charge in [-0.05, 0) is 57.6 Å². The molecule has 4 heterocycles. The number of hydrogen-bond donors (Lipinski definition) is 1. The number of carbonyl (C=O) groups is 1. The van der Waals surface area contributed by atoms with Gasteiger partial charge in [-0.25, -0.2) is 17.9 Å². The van der Waals surface area contributed by atoms with Gasteiger partial charge in [0.25, 0.3) is 5.91 Å². The lowest BCUT2D eigenvalue weighted by atomic mass is 9.97. The van der Waals surface area contributed by atoms with Crippen molar-refractivity contribution in [3.63, 3.8) is 0 Å². The third-order valence-electron chi connectivity index (χ3n) is 7.15. The van der Waals surface area contributed by atoms with Crippen LogP contribution in [-0.2, 0) is 10.0 Å². The van der Waals surface area contributed by atoms with Crippen LogP contribution >= 0.6 is 0 Å². The molecule has 1 amide bonds. The summed E-state index contributed by atoms with van der Waals surface area (Å²) in [5.74, 6) is 1.47. The monoisotopic (exact) mass is 510 g/mol. The normalized spacial score (nSPS) is 20.8. The molecule has 2 aliphatic heterocycles. The van der Waals surface area contributed by atoms with E-state index >= 15 is 0 Å². The lowest BCUT2D eigenvalue weighted by molar-refractivity contribution is 0.0606. The Labute approximate surface area is 212 Å². The Balaban J connectivity index is 1.49.